The Hall–Kier alpha value is -6.64. The Balaban J connectivity index is 1.23. The van der Waals surface area contributed by atoms with Gasteiger partial charge in [-0.2, -0.15) is 0 Å². The molecule has 12 rings (SSSR count). The van der Waals surface area contributed by atoms with Crippen LogP contribution < -0.4 is 0 Å². The predicted octanol–water partition coefficient (Wildman–Crippen LogP) is 14.6. The van der Waals surface area contributed by atoms with Gasteiger partial charge in [-0.15, -0.1) is 0 Å². The summed E-state index contributed by atoms with van der Waals surface area (Å²) in [7, 11) is 0. The van der Waals surface area contributed by atoms with Gasteiger partial charge in [0.15, 0.2) is 0 Å². The monoisotopic (exact) mass is 676 g/mol. The summed E-state index contributed by atoms with van der Waals surface area (Å²) in [6.07, 6.45) is 0. The molecule has 53 heavy (non-hydrogen) atoms. The normalized spacial score (nSPS) is 13.6. The lowest BCUT2D eigenvalue weighted by molar-refractivity contribution is 0.658. The van der Waals surface area contributed by atoms with E-state index in [1.165, 1.54) is 60.3 Å². The van der Waals surface area contributed by atoms with Gasteiger partial charge in [-0.05, 0) is 96.0 Å². The van der Waals surface area contributed by atoms with Gasteiger partial charge >= 0.3 is 0 Å². The van der Waals surface area contributed by atoms with Crippen molar-refractivity contribution in [1.82, 2.24) is 0 Å². The van der Waals surface area contributed by atoms with Gasteiger partial charge in [-0.25, -0.2) is 0 Å². The molecule has 0 saturated carbocycles. The number of rotatable bonds is 2. The van der Waals surface area contributed by atoms with Crippen LogP contribution in [0.3, 0.4) is 0 Å². The largest absolute Gasteiger partial charge is 0.455 e. The van der Waals surface area contributed by atoms with E-state index in [2.05, 4.69) is 166 Å². The van der Waals surface area contributed by atoms with Gasteiger partial charge in [-0.3, -0.25) is 0 Å². The van der Waals surface area contributed by atoms with Crippen LogP contribution >= 0.6 is 0 Å². The minimum atomic E-state index is -0.0951. The summed E-state index contributed by atoms with van der Waals surface area (Å²) >= 11 is 0. The molecule has 2 heteroatoms. The Morgan fingerprint density at radius 1 is 0.358 bits per heavy atom. The molecule has 0 aliphatic heterocycles. The average Bonchev–Trinajstić information content (AvgIpc) is 3.82. The smallest absolute Gasteiger partial charge is 0.147 e. The first-order valence-electron chi connectivity index (χ1n) is 18.4. The van der Waals surface area contributed by atoms with Crippen LogP contribution in [0.25, 0.3) is 110 Å². The van der Waals surface area contributed by atoms with E-state index in [4.69, 9.17) is 8.83 Å². The van der Waals surface area contributed by atoms with Crippen LogP contribution in [0.5, 0.6) is 0 Å². The highest BCUT2D eigenvalue weighted by Crippen LogP contribution is 2.53. The molecule has 9 aromatic carbocycles. The highest BCUT2D eigenvalue weighted by atomic mass is 16.3. The maximum absolute atomic E-state index is 7.01. The van der Waals surface area contributed by atoms with Crippen molar-refractivity contribution in [3.05, 3.63) is 169 Å². The molecule has 1 aliphatic carbocycles. The van der Waals surface area contributed by atoms with Gasteiger partial charge in [0, 0.05) is 32.5 Å². The van der Waals surface area contributed by atoms with E-state index in [0.717, 1.165) is 60.4 Å². The molecule has 0 radical (unpaired) electrons. The summed E-state index contributed by atoms with van der Waals surface area (Å²) in [6.45, 7) is 4.71. The first kappa shape index (κ1) is 29.0. The Kier molecular flexibility index (Phi) is 5.60. The van der Waals surface area contributed by atoms with E-state index in [1.54, 1.807) is 0 Å². The fraction of sp³-hybridized carbons (Fsp3) is 0.0588. The number of para-hydroxylation sites is 1. The molecule has 0 unspecified atom stereocenters. The summed E-state index contributed by atoms with van der Waals surface area (Å²) in [5, 5.41) is 11.5. The molecule has 11 aromatic rings. The molecular formula is C51H32O2. The lowest BCUT2D eigenvalue weighted by Gasteiger charge is -2.23. The Labute approximate surface area is 305 Å². The average molecular weight is 677 g/mol. The van der Waals surface area contributed by atoms with E-state index in [9.17, 15) is 0 Å². The second-order valence-electron chi connectivity index (χ2n) is 15.2. The van der Waals surface area contributed by atoms with Gasteiger partial charge < -0.3 is 8.83 Å². The molecule has 0 atom stereocenters. The maximum Gasteiger partial charge on any atom is 0.147 e. The number of hydrogen-bond acceptors (Lipinski definition) is 2. The van der Waals surface area contributed by atoms with Crippen molar-refractivity contribution in [2.24, 2.45) is 0 Å². The van der Waals surface area contributed by atoms with Crippen LogP contribution in [0.15, 0.2) is 167 Å². The minimum Gasteiger partial charge on any atom is -0.455 e. The minimum absolute atomic E-state index is 0.0951. The van der Waals surface area contributed by atoms with Crippen LogP contribution in [0.4, 0.5) is 0 Å². The topological polar surface area (TPSA) is 26.3 Å². The van der Waals surface area contributed by atoms with Crippen LogP contribution in [-0.4, -0.2) is 0 Å². The van der Waals surface area contributed by atoms with Crippen LogP contribution in [0, 0.1) is 0 Å². The zero-order valence-corrected chi connectivity index (χ0v) is 29.3. The second kappa shape index (κ2) is 10.2. The third kappa shape index (κ3) is 3.82. The van der Waals surface area contributed by atoms with Gasteiger partial charge in [0.25, 0.3) is 0 Å². The number of furan rings is 2. The van der Waals surface area contributed by atoms with E-state index >= 15 is 0 Å². The molecule has 2 nitrogen and oxygen atoms in total. The fourth-order valence-corrected chi connectivity index (χ4v) is 9.57. The van der Waals surface area contributed by atoms with Crippen molar-refractivity contribution in [1.29, 1.82) is 0 Å². The Morgan fingerprint density at radius 2 is 0.906 bits per heavy atom. The summed E-state index contributed by atoms with van der Waals surface area (Å²) in [5.74, 6) is 0. The van der Waals surface area contributed by atoms with E-state index in [-0.39, 0.29) is 5.41 Å². The van der Waals surface area contributed by atoms with Gasteiger partial charge in [0.05, 0.1) is 5.56 Å². The molecule has 0 amide bonds. The molecule has 0 bridgehead atoms. The van der Waals surface area contributed by atoms with E-state index in [1.807, 2.05) is 6.07 Å². The molecular weight excluding hydrogens is 645 g/mol. The van der Waals surface area contributed by atoms with E-state index in [0.29, 0.717) is 0 Å². The summed E-state index contributed by atoms with van der Waals surface area (Å²) in [6, 6.07) is 57.4. The highest BCUT2D eigenvalue weighted by molar-refractivity contribution is 6.30. The second-order valence-corrected chi connectivity index (χ2v) is 15.2. The van der Waals surface area contributed by atoms with Gasteiger partial charge in [0.2, 0.25) is 0 Å². The first-order valence-corrected chi connectivity index (χ1v) is 18.4. The standard InChI is InChI=1S/C51H32O2/c1-51(2)42-21-11-9-15-32(42)33-24-23-31(26-43(33)51)46-35-17-5-7-19-37(35)47(38-20-8-6-18-36(38)46)48-49-40(34-16-10-12-22-44(34)52-49)28-41-39-25-29-13-3-4-14-30(29)27-45(39)53-50(41)48/h3-28H,1-2H3. The van der Waals surface area contributed by atoms with Crippen LogP contribution in [0.1, 0.15) is 25.0 Å². The zero-order chi connectivity index (χ0) is 35.0. The zero-order valence-electron chi connectivity index (χ0n) is 29.3. The molecule has 0 N–H and O–H groups in total. The lowest BCUT2D eigenvalue weighted by atomic mass is 9.80. The number of hydrogen-bond donors (Lipinski definition) is 0. The quantitative estimate of drug-likeness (QED) is 0.170. The fourth-order valence-electron chi connectivity index (χ4n) is 9.57. The van der Waals surface area contributed by atoms with Crippen molar-refractivity contribution in [3.63, 3.8) is 0 Å². The van der Waals surface area contributed by atoms with Crippen molar-refractivity contribution >= 4 is 76.2 Å². The third-order valence-corrected chi connectivity index (χ3v) is 12.0. The summed E-state index contributed by atoms with van der Waals surface area (Å²) in [4.78, 5) is 0. The number of fused-ring (bicyclic) bond motifs is 12. The highest BCUT2D eigenvalue weighted by Gasteiger charge is 2.35. The number of benzene rings is 9. The van der Waals surface area contributed by atoms with Gasteiger partial charge in [0.1, 0.15) is 22.3 Å². The third-order valence-electron chi connectivity index (χ3n) is 12.0. The molecule has 0 saturated heterocycles. The summed E-state index contributed by atoms with van der Waals surface area (Å²) in [5.41, 5.74) is 13.4. The Morgan fingerprint density at radius 3 is 1.64 bits per heavy atom. The first-order chi connectivity index (χ1) is 26.0. The van der Waals surface area contributed by atoms with Crippen molar-refractivity contribution < 1.29 is 8.83 Å². The molecule has 2 aromatic heterocycles. The van der Waals surface area contributed by atoms with Crippen LogP contribution in [0.2, 0.25) is 0 Å². The van der Waals surface area contributed by atoms with Crippen molar-refractivity contribution in [2.75, 3.05) is 0 Å². The SMILES string of the molecule is CC1(C)c2ccccc2-c2ccc(-c3c4ccccc4c(-c4c5oc6ccccc6c5cc5c4oc4cc6ccccc6cc45)c4ccccc34)cc21. The van der Waals surface area contributed by atoms with Crippen molar-refractivity contribution in [2.45, 2.75) is 19.3 Å². The summed E-state index contributed by atoms with van der Waals surface area (Å²) < 4.78 is 13.9. The molecule has 0 spiro atoms. The molecule has 2 heterocycles. The van der Waals surface area contributed by atoms with Crippen molar-refractivity contribution in [3.8, 4) is 33.4 Å². The molecule has 1 aliphatic rings. The van der Waals surface area contributed by atoms with Gasteiger partial charge in [-0.1, -0.05) is 141 Å². The Bertz CT molecular complexity index is 3310. The van der Waals surface area contributed by atoms with E-state index < -0.39 is 0 Å². The molecule has 0 fully saturated rings. The predicted molar refractivity (Wildman–Crippen MR) is 222 cm³/mol. The lowest BCUT2D eigenvalue weighted by Crippen LogP contribution is -2.14. The molecule has 248 valence electrons. The maximum atomic E-state index is 7.01. The van der Waals surface area contributed by atoms with Crippen LogP contribution in [-0.2, 0) is 5.41 Å².